The zero-order valence-electron chi connectivity index (χ0n) is 17.5. The molecule has 2 aliphatic rings. The highest BCUT2D eigenvalue weighted by Gasteiger charge is 2.39. The van der Waals surface area contributed by atoms with Crippen LogP contribution in [-0.4, -0.2) is 54.2 Å². The maximum absolute atomic E-state index is 12.5. The fourth-order valence-corrected chi connectivity index (χ4v) is 4.54. The normalized spacial score (nSPS) is 20.0. The number of benzene rings is 2. The Kier molecular flexibility index (Phi) is 5.67. The fraction of sp³-hybridized carbons (Fsp3) is 0.375. The number of amides is 2. The van der Waals surface area contributed by atoms with Crippen LogP contribution in [0.1, 0.15) is 36.8 Å². The lowest BCUT2D eigenvalue weighted by Gasteiger charge is -2.37. The molecular weight excluding hydrogens is 396 g/mol. The lowest BCUT2D eigenvalue weighted by atomic mass is 9.82. The highest BCUT2D eigenvalue weighted by atomic mass is 16.5. The zero-order valence-corrected chi connectivity index (χ0v) is 17.5. The lowest BCUT2D eigenvalue weighted by molar-refractivity contribution is -0.153. The number of hydrogen-bond donors (Lipinski definition) is 2. The van der Waals surface area contributed by atoms with E-state index in [1.165, 1.54) is 4.90 Å². The summed E-state index contributed by atoms with van der Waals surface area (Å²) >= 11 is 0. The van der Waals surface area contributed by atoms with Crippen molar-refractivity contribution in [3.63, 3.8) is 0 Å². The standard InChI is InChI=1S/C24H26N2O5/c1-24(22(28)29)11-6-12-26(15-24)21(27)13-25-23(30)31-14-20-18-9-4-2-7-16(18)17-8-3-5-10-19(17)20/h2-5,7-10,20H,6,11-15H2,1H3,(H,25,30)(H,28,29). The first-order valence-corrected chi connectivity index (χ1v) is 10.5. The smallest absolute Gasteiger partial charge is 0.407 e. The number of likely N-dealkylation sites (tertiary alicyclic amines) is 1. The number of carboxylic acids is 1. The van der Waals surface area contributed by atoms with Crippen LogP contribution in [-0.2, 0) is 14.3 Å². The average Bonchev–Trinajstić information content (AvgIpc) is 3.10. The average molecular weight is 422 g/mol. The molecule has 2 N–H and O–H groups in total. The summed E-state index contributed by atoms with van der Waals surface area (Å²) in [6.45, 7) is 2.25. The third kappa shape index (κ3) is 4.13. The van der Waals surface area contributed by atoms with Crippen molar-refractivity contribution in [3.8, 4) is 11.1 Å². The zero-order chi connectivity index (χ0) is 22.0. The molecule has 31 heavy (non-hydrogen) atoms. The molecule has 7 nitrogen and oxygen atoms in total. The number of carbonyl (C=O) groups excluding carboxylic acids is 2. The van der Waals surface area contributed by atoms with Crippen molar-refractivity contribution in [3.05, 3.63) is 59.7 Å². The summed E-state index contributed by atoms with van der Waals surface area (Å²) in [7, 11) is 0. The number of carbonyl (C=O) groups is 3. The molecule has 1 saturated heterocycles. The summed E-state index contributed by atoms with van der Waals surface area (Å²) in [5.74, 6) is -1.26. The molecule has 1 fully saturated rings. The Morgan fingerprint density at radius 1 is 1.10 bits per heavy atom. The number of carboxylic acid groups (broad SMARTS) is 1. The molecule has 1 atom stereocenters. The van der Waals surface area contributed by atoms with Crippen LogP contribution in [0, 0.1) is 5.41 Å². The van der Waals surface area contributed by atoms with Crippen LogP contribution in [0.5, 0.6) is 0 Å². The Labute approximate surface area is 181 Å². The molecule has 0 radical (unpaired) electrons. The Balaban J connectivity index is 1.32. The summed E-state index contributed by atoms with van der Waals surface area (Å²) in [5, 5.41) is 11.9. The van der Waals surface area contributed by atoms with E-state index < -0.39 is 17.5 Å². The van der Waals surface area contributed by atoms with Gasteiger partial charge in [0.05, 0.1) is 5.41 Å². The third-order valence-electron chi connectivity index (χ3n) is 6.29. The minimum atomic E-state index is -0.947. The number of nitrogens with one attached hydrogen (secondary N) is 1. The maximum atomic E-state index is 12.5. The second kappa shape index (κ2) is 8.41. The van der Waals surface area contributed by atoms with E-state index in [2.05, 4.69) is 17.4 Å². The van der Waals surface area contributed by atoms with Crippen molar-refractivity contribution in [2.45, 2.75) is 25.7 Å². The molecule has 7 heteroatoms. The van der Waals surface area contributed by atoms with E-state index in [4.69, 9.17) is 4.74 Å². The van der Waals surface area contributed by atoms with Gasteiger partial charge in [0, 0.05) is 19.0 Å². The van der Waals surface area contributed by atoms with Gasteiger partial charge in [-0.15, -0.1) is 0 Å². The molecule has 1 aliphatic heterocycles. The quantitative estimate of drug-likeness (QED) is 0.771. The Morgan fingerprint density at radius 3 is 2.32 bits per heavy atom. The summed E-state index contributed by atoms with van der Waals surface area (Å²) < 4.78 is 5.44. The summed E-state index contributed by atoms with van der Waals surface area (Å²) in [5.41, 5.74) is 3.59. The van der Waals surface area contributed by atoms with Gasteiger partial charge in [-0.2, -0.15) is 0 Å². The molecule has 2 aromatic rings. The first kappa shape index (κ1) is 20.9. The van der Waals surface area contributed by atoms with Gasteiger partial charge in [-0.05, 0) is 42.0 Å². The molecule has 4 rings (SSSR count). The van der Waals surface area contributed by atoms with E-state index in [9.17, 15) is 19.5 Å². The lowest BCUT2D eigenvalue weighted by Crippen LogP contribution is -2.50. The monoisotopic (exact) mass is 422 g/mol. The van der Waals surface area contributed by atoms with E-state index in [-0.39, 0.29) is 31.5 Å². The Bertz CT molecular complexity index is 975. The SMILES string of the molecule is CC1(C(=O)O)CCCN(C(=O)CNC(=O)OCC2c3ccccc3-c3ccccc32)C1. The second-order valence-electron chi connectivity index (χ2n) is 8.46. The highest BCUT2D eigenvalue weighted by Crippen LogP contribution is 2.44. The van der Waals surface area contributed by atoms with Crippen molar-refractivity contribution in [1.82, 2.24) is 10.2 Å². The molecule has 2 amide bonds. The molecule has 162 valence electrons. The van der Waals surface area contributed by atoms with Gasteiger partial charge in [0.25, 0.3) is 0 Å². The Hall–Kier alpha value is -3.35. The minimum absolute atomic E-state index is 0.0489. The van der Waals surface area contributed by atoms with Gasteiger partial charge in [-0.1, -0.05) is 48.5 Å². The molecule has 0 aromatic heterocycles. The van der Waals surface area contributed by atoms with Crippen LogP contribution in [0.3, 0.4) is 0 Å². The van der Waals surface area contributed by atoms with E-state index in [0.29, 0.717) is 19.4 Å². The summed E-state index contributed by atoms with van der Waals surface area (Å²) in [4.78, 5) is 37.7. The van der Waals surface area contributed by atoms with Gasteiger partial charge in [-0.3, -0.25) is 9.59 Å². The highest BCUT2D eigenvalue weighted by molar-refractivity contribution is 5.84. The van der Waals surface area contributed by atoms with Gasteiger partial charge in [0.1, 0.15) is 13.2 Å². The van der Waals surface area contributed by atoms with E-state index in [0.717, 1.165) is 22.3 Å². The van der Waals surface area contributed by atoms with Gasteiger partial charge in [0.15, 0.2) is 0 Å². The number of ether oxygens (including phenoxy) is 1. The van der Waals surface area contributed by atoms with Crippen LogP contribution in [0.25, 0.3) is 11.1 Å². The van der Waals surface area contributed by atoms with Crippen molar-refractivity contribution in [1.29, 1.82) is 0 Å². The van der Waals surface area contributed by atoms with E-state index in [1.54, 1.807) is 6.92 Å². The molecule has 2 aromatic carbocycles. The van der Waals surface area contributed by atoms with Crippen molar-refractivity contribution < 1.29 is 24.2 Å². The number of alkyl carbamates (subject to hydrolysis) is 1. The number of hydrogen-bond acceptors (Lipinski definition) is 4. The van der Waals surface area contributed by atoms with Crippen LogP contribution in [0.15, 0.2) is 48.5 Å². The number of rotatable bonds is 5. The van der Waals surface area contributed by atoms with Crippen molar-refractivity contribution >= 4 is 18.0 Å². The first-order valence-electron chi connectivity index (χ1n) is 10.5. The summed E-state index contributed by atoms with van der Waals surface area (Å²) in [6, 6.07) is 16.1. The topological polar surface area (TPSA) is 95.9 Å². The number of piperidine rings is 1. The molecule has 1 unspecified atom stereocenters. The van der Waals surface area contributed by atoms with Gasteiger partial charge >= 0.3 is 12.1 Å². The van der Waals surface area contributed by atoms with Gasteiger partial charge < -0.3 is 20.1 Å². The maximum Gasteiger partial charge on any atom is 0.407 e. The Morgan fingerprint density at radius 2 is 1.71 bits per heavy atom. The molecule has 1 heterocycles. The van der Waals surface area contributed by atoms with E-state index in [1.807, 2.05) is 36.4 Å². The first-order chi connectivity index (χ1) is 14.9. The number of nitrogens with zero attached hydrogens (tertiary/aromatic N) is 1. The minimum Gasteiger partial charge on any atom is -0.481 e. The molecule has 0 spiro atoms. The predicted octanol–water partition coefficient (Wildman–Crippen LogP) is 3.24. The van der Waals surface area contributed by atoms with Crippen molar-refractivity contribution in [2.24, 2.45) is 5.41 Å². The van der Waals surface area contributed by atoms with Crippen LogP contribution in [0.2, 0.25) is 0 Å². The molecule has 0 saturated carbocycles. The largest absolute Gasteiger partial charge is 0.481 e. The van der Waals surface area contributed by atoms with Crippen molar-refractivity contribution in [2.75, 3.05) is 26.2 Å². The summed E-state index contributed by atoms with van der Waals surface area (Å²) in [6.07, 6.45) is 0.499. The van der Waals surface area contributed by atoms with E-state index >= 15 is 0 Å². The number of fused-ring (bicyclic) bond motifs is 3. The van der Waals surface area contributed by atoms with Crippen LogP contribution >= 0.6 is 0 Å². The van der Waals surface area contributed by atoms with Gasteiger partial charge in [0.2, 0.25) is 5.91 Å². The fourth-order valence-electron chi connectivity index (χ4n) is 4.54. The van der Waals surface area contributed by atoms with Gasteiger partial charge in [-0.25, -0.2) is 4.79 Å². The third-order valence-corrected chi connectivity index (χ3v) is 6.29. The number of aliphatic carboxylic acids is 1. The second-order valence-corrected chi connectivity index (χ2v) is 8.46. The molecule has 1 aliphatic carbocycles. The molecular formula is C24H26N2O5. The van der Waals surface area contributed by atoms with Crippen LogP contribution < -0.4 is 5.32 Å². The van der Waals surface area contributed by atoms with Crippen LogP contribution in [0.4, 0.5) is 4.79 Å². The predicted molar refractivity (Wildman–Crippen MR) is 115 cm³/mol. The molecule has 0 bridgehead atoms.